The molecule has 8 heteroatoms. The molecule has 1 aromatic heterocycles. The van der Waals surface area contributed by atoms with Gasteiger partial charge in [-0.15, -0.1) is 0 Å². The topological polar surface area (TPSA) is 95.2 Å². The molecule has 0 bridgehead atoms. The number of rotatable bonds is 9. The monoisotopic (exact) mass is 464 g/mol. The van der Waals surface area contributed by atoms with E-state index < -0.39 is 16.1 Å². The molecule has 2 aromatic carbocycles. The highest BCUT2D eigenvalue weighted by molar-refractivity contribution is 7.89. The second-order valence-corrected chi connectivity index (χ2v) is 9.79. The normalized spacial score (nSPS) is 12.2. The third kappa shape index (κ3) is 6.09. The van der Waals surface area contributed by atoms with Crippen LogP contribution in [-0.2, 0) is 27.9 Å². The van der Waals surface area contributed by atoms with E-state index in [0.717, 1.165) is 11.1 Å². The number of aryl methyl sites for hydroxylation is 3. The zero-order valence-corrected chi connectivity index (χ0v) is 19.8. The van der Waals surface area contributed by atoms with Crippen molar-refractivity contribution in [3.05, 3.63) is 89.2 Å². The number of likely N-dealkylation sites (N-methyl/N-ethyl adjacent to an activating group) is 1. The molecule has 0 saturated heterocycles. The van der Waals surface area contributed by atoms with Crippen molar-refractivity contribution in [3.63, 3.8) is 0 Å². The number of hydrogen-bond donors (Lipinski definition) is 1. The molecule has 1 unspecified atom stereocenters. The van der Waals surface area contributed by atoms with Crippen molar-refractivity contribution in [1.29, 1.82) is 5.26 Å². The molecule has 0 spiro atoms. The molecule has 0 aliphatic heterocycles. The minimum atomic E-state index is -3.94. The lowest BCUT2D eigenvalue weighted by molar-refractivity contribution is -0.132. The van der Waals surface area contributed by atoms with E-state index in [1.165, 1.54) is 4.90 Å². The van der Waals surface area contributed by atoms with Crippen LogP contribution in [0.2, 0.25) is 0 Å². The fourth-order valence-electron chi connectivity index (χ4n) is 3.66. The average molecular weight is 465 g/mol. The molecule has 172 valence electrons. The second kappa shape index (κ2) is 10.5. The number of amides is 1. The Kier molecular flexibility index (Phi) is 7.69. The summed E-state index contributed by atoms with van der Waals surface area (Å²) < 4.78 is 30.8. The van der Waals surface area contributed by atoms with Crippen LogP contribution < -0.4 is 4.72 Å². The molecule has 33 heavy (non-hydrogen) atoms. The predicted molar refractivity (Wildman–Crippen MR) is 127 cm³/mol. The van der Waals surface area contributed by atoms with Crippen LogP contribution in [0.1, 0.15) is 28.8 Å². The first-order valence-electron chi connectivity index (χ1n) is 10.6. The average Bonchev–Trinajstić information content (AvgIpc) is 3.26. The van der Waals surface area contributed by atoms with E-state index in [1.54, 1.807) is 49.0 Å². The van der Waals surface area contributed by atoms with Crippen LogP contribution in [0.25, 0.3) is 0 Å². The molecule has 0 saturated carbocycles. The predicted octanol–water partition coefficient (Wildman–Crippen LogP) is 3.37. The number of nitrogens with zero attached hydrogens (tertiary/aromatic N) is 3. The van der Waals surface area contributed by atoms with Gasteiger partial charge in [-0.3, -0.25) is 4.79 Å². The second-order valence-electron chi connectivity index (χ2n) is 8.11. The summed E-state index contributed by atoms with van der Waals surface area (Å²) in [5.41, 5.74) is 2.82. The van der Waals surface area contributed by atoms with Gasteiger partial charge in [0.25, 0.3) is 0 Å². The van der Waals surface area contributed by atoms with E-state index in [9.17, 15) is 18.5 Å². The number of nitriles is 1. The quantitative estimate of drug-likeness (QED) is 0.525. The summed E-state index contributed by atoms with van der Waals surface area (Å²) in [6, 6.07) is 19.3. The Morgan fingerprint density at radius 3 is 2.55 bits per heavy atom. The number of nitrogens with one attached hydrogen (secondary N) is 1. The van der Waals surface area contributed by atoms with Gasteiger partial charge in [-0.2, -0.15) is 9.98 Å². The Bertz CT molecular complexity index is 1260. The number of carbonyl (C=O) groups is 1. The van der Waals surface area contributed by atoms with Crippen molar-refractivity contribution in [2.24, 2.45) is 0 Å². The molecule has 1 atom stereocenters. The highest BCUT2D eigenvalue weighted by Crippen LogP contribution is 2.18. The minimum absolute atomic E-state index is 0.157. The fourth-order valence-corrected chi connectivity index (χ4v) is 5.21. The van der Waals surface area contributed by atoms with Gasteiger partial charge >= 0.3 is 0 Å². The lowest BCUT2D eigenvalue weighted by Crippen LogP contribution is -2.47. The van der Waals surface area contributed by atoms with Gasteiger partial charge < -0.3 is 9.47 Å². The Labute approximate surface area is 195 Å². The van der Waals surface area contributed by atoms with Gasteiger partial charge in [0.15, 0.2) is 0 Å². The summed E-state index contributed by atoms with van der Waals surface area (Å²) in [7, 11) is -2.28. The molecule has 3 rings (SSSR count). The fraction of sp³-hybridized carbons (Fsp3) is 0.280. The first kappa shape index (κ1) is 24.2. The zero-order valence-electron chi connectivity index (χ0n) is 19.0. The first-order valence-corrected chi connectivity index (χ1v) is 12.1. The highest BCUT2D eigenvalue weighted by Gasteiger charge is 2.29. The van der Waals surface area contributed by atoms with Crippen LogP contribution in [0.15, 0.2) is 71.8 Å². The molecule has 1 amide bonds. The maximum absolute atomic E-state index is 13.3. The lowest BCUT2D eigenvalue weighted by Gasteiger charge is -2.25. The van der Waals surface area contributed by atoms with Crippen molar-refractivity contribution in [1.82, 2.24) is 14.2 Å². The largest absolute Gasteiger partial charge is 0.340 e. The number of aromatic nitrogens is 1. The van der Waals surface area contributed by atoms with Crippen molar-refractivity contribution >= 4 is 15.9 Å². The maximum atomic E-state index is 13.3. The van der Waals surface area contributed by atoms with Crippen LogP contribution >= 0.6 is 0 Å². The van der Waals surface area contributed by atoms with Crippen LogP contribution in [-0.4, -0.2) is 36.9 Å². The molecule has 1 N–H and O–H groups in total. The molecule has 0 aliphatic carbocycles. The Hall–Kier alpha value is -3.41. The summed E-state index contributed by atoms with van der Waals surface area (Å²) in [5.74, 6) is -0.335. The Morgan fingerprint density at radius 2 is 1.85 bits per heavy atom. The van der Waals surface area contributed by atoms with Crippen LogP contribution in [0.4, 0.5) is 0 Å². The van der Waals surface area contributed by atoms with Crippen molar-refractivity contribution in [2.45, 2.75) is 44.3 Å². The lowest BCUT2D eigenvalue weighted by atomic mass is 10.1. The van der Waals surface area contributed by atoms with Crippen molar-refractivity contribution in [2.75, 3.05) is 7.05 Å². The zero-order chi connectivity index (χ0) is 24.0. The van der Waals surface area contributed by atoms with E-state index in [2.05, 4.69) is 10.8 Å². The summed E-state index contributed by atoms with van der Waals surface area (Å²) in [5, 5.41) is 9.27. The van der Waals surface area contributed by atoms with E-state index in [0.29, 0.717) is 24.3 Å². The first-order chi connectivity index (χ1) is 15.7. The molecular weight excluding hydrogens is 436 g/mol. The molecule has 0 aliphatic rings. The van der Waals surface area contributed by atoms with Gasteiger partial charge in [0.1, 0.15) is 17.8 Å². The van der Waals surface area contributed by atoms with Gasteiger partial charge in [-0.05, 0) is 55.2 Å². The maximum Gasteiger partial charge on any atom is 0.241 e. The third-order valence-electron chi connectivity index (χ3n) is 5.47. The smallest absolute Gasteiger partial charge is 0.241 e. The van der Waals surface area contributed by atoms with Crippen LogP contribution in [0.3, 0.4) is 0 Å². The third-order valence-corrected chi connectivity index (χ3v) is 7.08. The summed E-state index contributed by atoms with van der Waals surface area (Å²) in [6.45, 7) is 4.23. The molecule has 1 heterocycles. The van der Waals surface area contributed by atoms with Crippen LogP contribution in [0, 0.1) is 25.2 Å². The minimum Gasteiger partial charge on any atom is -0.340 e. The highest BCUT2D eigenvalue weighted by atomic mass is 32.2. The van der Waals surface area contributed by atoms with E-state index >= 15 is 0 Å². The molecule has 0 radical (unpaired) electrons. The molecular formula is C25H28N4O3S. The van der Waals surface area contributed by atoms with E-state index in [1.807, 2.05) is 43.3 Å². The van der Waals surface area contributed by atoms with Gasteiger partial charge in [0.2, 0.25) is 15.9 Å². The van der Waals surface area contributed by atoms with E-state index in [4.69, 9.17) is 0 Å². The van der Waals surface area contributed by atoms with Crippen molar-refractivity contribution in [3.8, 4) is 6.07 Å². The number of sulfonamides is 1. The number of carbonyl (C=O) groups excluding carboxylic acids is 1. The van der Waals surface area contributed by atoms with Crippen LogP contribution in [0.5, 0.6) is 0 Å². The standard InChI is InChI=1S/C25H28N4O3S/c1-19-11-12-20(2)24(16-19)33(31,32)27-23(13-15-29-14-7-10-22(29)17-26)25(30)28(3)18-21-8-5-4-6-9-21/h4-12,14,16,23,27H,13,15,18H2,1-3H3. The van der Waals surface area contributed by atoms with Gasteiger partial charge in [0.05, 0.1) is 4.90 Å². The Morgan fingerprint density at radius 1 is 1.12 bits per heavy atom. The Balaban J connectivity index is 1.86. The van der Waals surface area contributed by atoms with Gasteiger partial charge in [-0.25, -0.2) is 8.42 Å². The molecule has 7 nitrogen and oxygen atoms in total. The van der Waals surface area contributed by atoms with Gasteiger partial charge in [0, 0.05) is 26.3 Å². The van der Waals surface area contributed by atoms with E-state index in [-0.39, 0.29) is 17.2 Å². The number of benzene rings is 2. The summed E-state index contributed by atoms with van der Waals surface area (Å²) >= 11 is 0. The summed E-state index contributed by atoms with van der Waals surface area (Å²) in [6.07, 6.45) is 1.94. The van der Waals surface area contributed by atoms with Gasteiger partial charge in [-0.1, -0.05) is 42.5 Å². The molecule has 0 fully saturated rings. The number of hydrogen-bond acceptors (Lipinski definition) is 4. The van der Waals surface area contributed by atoms with Crippen molar-refractivity contribution < 1.29 is 13.2 Å². The SMILES string of the molecule is Cc1ccc(C)c(S(=O)(=O)NC(CCn2cccc2C#N)C(=O)N(C)Cc2ccccc2)c1. The summed E-state index contributed by atoms with van der Waals surface area (Å²) in [4.78, 5) is 15.0. The molecule has 3 aromatic rings.